The molecular weight excluding hydrogens is 308 g/mol. The Bertz CT molecular complexity index is 666. The van der Waals surface area contributed by atoms with E-state index in [2.05, 4.69) is 0 Å². The highest BCUT2D eigenvalue weighted by atomic mass is 35.5. The maximum Gasteiger partial charge on any atom is 0.339 e. The number of furan rings is 1. The number of nitrogens with zero attached hydrogens (tertiary/aromatic N) is 1. The summed E-state index contributed by atoms with van der Waals surface area (Å²) in [6.07, 6.45) is 3.17. The molecule has 6 nitrogen and oxygen atoms in total. The molecule has 0 bridgehead atoms. The van der Waals surface area contributed by atoms with Gasteiger partial charge >= 0.3 is 6.03 Å². The Morgan fingerprint density at radius 1 is 1.36 bits per heavy atom. The van der Waals surface area contributed by atoms with Gasteiger partial charge in [0, 0.05) is 11.1 Å². The molecule has 0 spiro atoms. The summed E-state index contributed by atoms with van der Waals surface area (Å²) in [6.45, 7) is 1.61. The van der Waals surface area contributed by atoms with Crippen LogP contribution in [0.15, 0.2) is 46.9 Å². The maximum absolute atomic E-state index is 10.8. The Morgan fingerprint density at radius 3 is 2.68 bits per heavy atom. The minimum absolute atomic E-state index is 0.311. The fourth-order valence-corrected chi connectivity index (χ4v) is 1.74. The van der Waals surface area contributed by atoms with E-state index in [0.29, 0.717) is 27.5 Å². The van der Waals surface area contributed by atoms with Gasteiger partial charge in [0.05, 0.1) is 6.04 Å². The molecule has 0 aliphatic heterocycles. The molecule has 0 saturated heterocycles. The van der Waals surface area contributed by atoms with E-state index in [1.54, 1.807) is 55.5 Å². The van der Waals surface area contributed by atoms with Crippen LogP contribution in [0.1, 0.15) is 12.7 Å². The van der Waals surface area contributed by atoms with Crippen molar-refractivity contribution >= 4 is 23.7 Å². The molecule has 2 aromatic rings. The smallest absolute Gasteiger partial charge is 0.339 e. The predicted octanol–water partition coefficient (Wildman–Crippen LogP) is 3.90. The number of hydroxylamine groups is 2. The zero-order valence-electron chi connectivity index (χ0n) is 11.8. The Hall–Kier alpha value is -2.44. The first-order chi connectivity index (χ1) is 10.5. The first-order valence-electron chi connectivity index (χ1n) is 6.44. The van der Waals surface area contributed by atoms with Gasteiger partial charge in [-0.15, -0.1) is 0 Å². The lowest BCUT2D eigenvalue weighted by atomic mass is 10.3. The van der Waals surface area contributed by atoms with E-state index in [1.807, 2.05) is 0 Å². The Balaban J connectivity index is 1.99. The van der Waals surface area contributed by atoms with Gasteiger partial charge < -0.3 is 14.9 Å². The summed E-state index contributed by atoms with van der Waals surface area (Å²) in [7, 11) is 0. The normalized spacial score (nSPS) is 12.3. The highest BCUT2D eigenvalue weighted by Crippen LogP contribution is 2.25. The van der Waals surface area contributed by atoms with Crippen LogP contribution in [0.2, 0.25) is 5.02 Å². The highest BCUT2D eigenvalue weighted by Gasteiger charge is 2.11. The zero-order chi connectivity index (χ0) is 16.1. The second kappa shape index (κ2) is 7.02. The van der Waals surface area contributed by atoms with Gasteiger partial charge in [-0.25, -0.2) is 4.79 Å². The summed E-state index contributed by atoms with van der Waals surface area (Å²) in [5.41, 5.74) is 4.96. The molecule has 1 aromatic heterocycles. The van der Waals surface area contributed by atoms with E-state index < -0.39 is 12.1 Å². The third kappa shape index (κ3) is 4.28. The van der Waals surface area contributed by atoms with Crippen molar-refractivity contribution < 1.29 is 19.2 Å². The predicted molar refractivity (Wildman–Crippen MR) is 81.9 cm³/mol. The lowest BCUT2D eigenvalue weighted by Crippen LogP contribution is -2.38. The lowest BCUT2D eigenvalue weighted by Gasteiger charge is -2.16. The molecule has 0 aliphatic rings. The fourth-order valence-electron chi connectivity index (χ4n) is 1.61. The van der Waals surface area contributed by atoms with Gasteiger partial charge in [0.25, 0.3) is 5.95 Å². The number of halogens is 1. The van der Waals surface area contributed by atoms with Gasteiger partial charge in [0.1, 0.15) is 11.5 Å². The average Bonchev–Trinajstić information content (AvgIpc) is 2.94. The van der Waals surface area contributed by atoms with E-state index in [4.69, 9.17) is 26.5 Å². The topological polar surface area (TPSA) is 88.9 Å². The van der Waals surface area contributed by atoms with Gasteiger partial charge in [0.2, 0.25) is 0 Å². The first kappa shape index (κ1) is 15.9. The van der Waals surface area contributed by atoms with Crippen LogP contribution >= 0.6 is 11.6 Å². The van der Waals surface area contributed by atoms with Crippen molar-refractivity contribution in [2.24, 2.45) is 5.73 Å². The number of benzene rings is 1. The van der Waals surface area contributed by atoms with Crippen molar-refractivity contribution in [1.82, 2.24) is 5.06 Å². The van der Waals surface area contributed by atoms with E-state index in [1.165, 1.54) is 0 Å². The molecule has 1 unspecified atom stereocenters. The molecular formula is C15H15ClN2O4. The molecule has 0 fully saturated rings. The van der Waals surface area contributed by atoms with Crippen LogP contribution in [0.5, 0.6) is 11.7 Å². The van der Waals surface area contributed by atoms with Crippen molar-refractivity contribution in [3.63, 3.8) is 0 Å². The zero-order valence-corrected chi connectivity index (χ0v) is 12.5. The number of hydrogen-bond donors (Lipinski definition) is 2. The van der Waals surface area contributed by atoms with Crippen molar-refractivity contribution in [3.8, 4) is 11.7 Å². The molecule has 1 atom stereocenters. The summed E-state index contributed by atoms with van der Waals surface area (Å²) in [4.78, 5) is 10.8. The molecule has 116 valence electrons. The number of nitrogens with two attached hydrogens (primary N) is 1. The number of carbonyl (C=O) groups is 1. The molecule has 1 aromatic carbocycles. The van der Waals surface area contributed by atoms with Crippen LogP contribution in [-0.2, 0) is 0 Å². The number of ether oxygens (including phenoxy) is 1. The molecule has 2 amide bonds. The maximum atomic E-state index is 10.8. The number of amides is 2. The van der Waals surface area contributed by atoms with E-state index in [0.717, 1.165) is 0 Å². The molecule has 2 rings (SSSR count). The number of urea groups is 1. The van der Waals surface area contributed by atoms with E-state index >= 15 is 0 Å². The fraction of sp³-hybridized carbons (Fsp3) is 0.133. The summed E-state index contributed by atoms with van der Waals surface area (Å²) in [5.74, 6) is 1.41. The standard InChI is InChI=1S/C15H15ClN2O4/c1-10(18(20)15(17)19)2-5-12-8-9-14(21-12)22-13-6-3-11(16)4-7-13/h2-10,20H,1H3,(H2,17,19)/b5-2+. The van der Waals surface area contributed by atoms with Gasteiger partial charge in [-0.3, -0.25) is 5.21 Å². The van der Waals surface area contributed by atoms with Crippen molar-refractivity contribution in [2.75, 3.05) is 0 Å². The molecule has 22 heavy (non-hydrogen) atoms. The van der Waals surface area contributed by atoms with Crippen molar-refractivity contribution in [2.45, 2.75) is 13.0 Å². The van der Waals surface area contributed by atoms with Crippen LogP contribution in [-0.4, -0.2) is 22.3 Å². The molecule has 7 heteroatoms. The summed E-state index contributed by atoms with van der Waals surface area (Å²) >= 11 is 5.79. The van der Waals surface area contributed by atoms with Gasteiger partial charge in [0.15, 0.2) is 0 Å². The molecule has 0 aliphatic carbocycles. The van der Waals surface area contributed by atoms with Crippen LogP contribution in [0, 0.1) is 0 Å². The van der Waals surface area contributed by atoms with Gasteiger partial charge in [-0.1, -0.05) is 17.7 Å². The lowest BCUT2D eigenvalue weighted by molar-refractivity contribution is -0.0560. The van der Waals surface area contributed by atoms with E-state index in [9.17, 15) is 10.0 Å². The minimum Gasteiger partial charge on any atom is -0.426 e. The van der Waals surface area contributed by atoms with Crippen LogP contribution < -0.4 is 10.5 Å². The Kier molecular flexibility index (Phi) is 5.08. The van der Waals surface area contributed by atoms with E-state index in [-0.39, 0.29) is 0 Å². The number of primary amides is 1. The molecule has 1 heterocycles. The molecule has 0 saturated carbocycles. The second-order valence-electron chi connectivity index (χ2n) is 4.50. The first-order valence-corrected chi connectivity index (χ1v) is 6.82. The summed E-state index contributed by atoms with van der Waals surface area (Å²) in [6, 6.07) is 8.71. The minimum atomic E-state index is -0.927. The van der Waals surface area contributed by atoms with Crippen molar-refractivity contribution in [1.29, 1.82) is 0 Å². The van der Waals surface area contributed by atoms with Gasteiger partial charge in [-0.2, -0.15) is 5.06 Å². The monoisotopic (exact) mass is 322 g/mol. The average molecular weight is 323 g/mol. The quantitative estimate of drug-likeness (QED) is 0.645. The van der Waals surface area contributed by atoms with Crippen LogP contribution in [0.25, 0.3) is 6.08 Å². The molecule has 3 N–H and O–H groups in total. The van der Waals surface area contributed by atoms with Crippen molar-refractivity contribution in [3.05, 3.63) is 53.3 Å². The third-order valence-electron chi connectivity index (χ3n) is 2.78. The van der Waals surface area contributed by atoms with Crippen LogP contribution in [0.3, 0.4) is 0 Å². The Morgan fingerprint density at radius 2 is 2.05 bits per heavy atom. The van der Waals surface area contributed by atoms with Crippen LogP contribution in [0.4, 0.5) is 4.79 Å². The highest BCUT2D eigenvalue weighted by molar-refractivity contribution is 6.30. The largest absolute Gasteiger partial charge is 0.426 e. The van der Waals surface area contributed by atoms with Gasteiger partial charge in [-0.05, 0) is 43.3 Å². The summed E-state index contributed by atoms with van der Waals surface area (Å²) in [5, 5.41) is 10.4. The number of rotatable bonds is 5. The second-order valence-corrected chi connectivity index (χ2v) is 4.93. The molecule has 0 radical (unpaired) electrons. The third-order valence-corrected chi connectivity index (χ3v) is 3.04. The summed E-state index contributed by atoms with van der Waals surface area (Å²) < 4.78 is 11.0. The number of carbonyl (C=O) groups excluding carboxylic acids is 1. The SMILES string of the molecule is CC(/C=C/c1ccc(Oc2ccc(Cl)cc2)o1)N(O)C(N)=O. The Labute approximate surface area is 132 Å². The number of hydrogen-bond acceptors (Lipinski definition) is 4.